The van der Waals surface area contributed by atoms with Crippen LogP contribution < -0.4 is 0 Å². The van der Waals surface area contributed by atoms with Gasteiger partial charge in [-0.05, 0) is 20.9 Å². The van der Waals surface area contributed by atoms with Crippen LogP contribution in [0, 0.1) is 0 Å². The third-order valence-electron chi connectivity index (χ3n) is 2.08. The van der Waals surface area contributed by atoms with Crippen LogP contribution in [0.4, 0.5) is 0 Å². The first-order chi connectivity index (χ1) is 4.02. The molecule has 0 aromatic carbocycles. The van der Waals surface area contributed by atoms with Crippen LogP contribution in [-0.4, -0.2) is 29.8 Å². The molecule has 1 aliphatic rings. The van der Waals surface area contributed by atoms with Gasteiger partial charge < -0.3 is 0 Å². The van der Waals surface area contributed by atoms with E-state index >= 15 is 0 Å². The summed E-state index contributed by atoms with van der Waals surface area (Å²) in [6.45, 7) is 4.82. The first kappa shape index (κ1) is 6.75. The number of nitrogens with zero attached hydrogens (tertiary/aromatic N) is 1. The summed E-state index contributed by atoms with van der Waals surface area (Å²) >= 11 is 0. The van der Waals surface area contributed by atoms with Crippen molar-refractivity contribution in [3.05, 3.63) is 0 Å². The molecule has 0 saturated carbocycles. The van der Waals surface area contributed by atoms with Crippen LogP contribution in [0.5, 0.6) is 0 Å². The second-order valence-corrected chi connectivity index (χ2v) is 3.38. The number of ketones is 1. The standard InChI is InChI=1S/C7H13NO/c1-7(2)4-6(9)5-8(7)3/h4-5H2,1-3H3. The van der Waals surface area contributed by atoms with Gasteiger partial charge >= 0.3 is 0 Å². The number of carbonyl (C=O) groups is 1. The Morgan fingerprint density at radius 3 is 2.22 bits per heavy atom. The van der Waals surface area contributed by atoms with E-state index < -0.39 is 0 Å². The van der Waals surface area contributed by atoms with E-state index in [1.807, 2.05) is 7.05 Å². The predicted octanol–water partition coefficient (Wildman–Crippen LogP) is 0.670. The van der Waals surface area contributed by atoms with E-state index in [1.165, 1.54) is 0 Å². The highest BCUT2D eigenvalue weighted by Crippen LogP contribution is 2.23. The summed E-state index contributed by atoms with van der Waals surface area (Å²) in [5.41, 5.74) is 0.108. The van der Waals surface area contributed by atoms with E-state index in [0.29, 0.717) is 18.7 Å². The summed E-state index contributed by atoms with van der Waals surface area (Å²) in [7, 11) is 1.99. The summed E-state index contributed by atoms with van der Waals surface area (Å²) in [4.78, 5) is 12.9. The molecule has 1 heterocycles. The molecule has 2 heteroatoms. The van der Waals surface area contributed by atoms with Crippen molar-refractivity contribution in [3.63, 3.8) is 0 Å². The minimum Gasteiger partial charge on any atom is -0.298 e. The van der Waals surface area contributed by atoms with Crippen LogP contribution >= 0.6 is 0 Å². The van der Waals surface area contributed by atoms with Gasteiger partial charge in [0.15, 0.2) is 0 Å². The first-order valence-corrected chi connectivity index (χ1v) is 3.25. The Labute approximate surface area is 55.8 Å². The topological polar surface area (TPSA) is 20.3 Å². The second-order valence-electron chi connectivity index (χ2n) is 3.38. The molecule has 0 amide bonds. The number of hydrogen-bond donors (Lipinski definition) is 0. The van der Waals surface area contributed by atoms with Crippen molar-refractivity contribution < 1.29 is 4.79 Å². The number of rotatable bonds is 0. The molecular formula is C7H13NO. The fourth-order valence-electron chi connectivity index (χ4n) is 1.15. The van der Waals surface area contributed by atoms with Crippen LogP contribution in [0.15, 0.2) is 0 Å². The number of hydrogen-bond acceptors (Lipinski definition) is 2. The van der Waals surface area contributed by atoms with Gasteiger partial charge in [0.25, 0.3) is 0 Å². The van der Waals surface area contributed by atoms with Gasteiger partial charge in [-0.2, -0.15) is 0 Å². The Hall–Kier alpha value is -0.370. The molecular weight excluding hydrogens is 114 g/mol. The Kier molecular flexibility index (Phi) is 1.35. The summed E-state index contributed by atoms with van der Waals surface area (Å²) in [6.07, 6.45) is 0.712. The van der Waals surface area contributed by atoms with Gasteiger partial charge in [0.2, 0.25) is 0 Å². The number of Topliss-reactive ketones (excluding diaryl/α,β-unsaturated/α-hetero) is 1. The Balaban J connectivity index is 2.69. The minimum absolute atomic E-state index is 0.108. The molecule has 0 bridgehead atoms. The maximum Gasteiger partial charge on any atom is 0.148 e. The van der Waals surface area contributed by atoms with Crippen molar-refractivity contribution in [3.8, 4) is 0 Å². The lowest BCUT2D eigenvalue weighted by atomic mass is 10.0. The summed E-state index contributed by atoms with van der Waals surface area (Å²) in [6, 6.07) is 0. The van der Waals surface area contributed by atoms with Crippen molar-refractivity contribution in [2.75, 3.05) is 13.6 Å². The van der Waals surface area contributed by atoms with Gasteiger partial charge in [-0.25, -0.2) is 0 Å². The molecule has 0 aliphatic carbocycles. The molecule has 0 aromatic rings. The molecule has 2 nitrogen and oxygen atoms in total. The van der Waals surface area contributed by atoms with Crippen molar-refractivity contribution in [2.24, 2.45) is 0 Å². The maximum atomic E-state index is 10.8. The Bertz CT molecular complexity index is 140. The van der Waals surface area contributed by atoms with E-state index in [9.17, 15) is 4.79 Å². The molecule has 0 N–H and O–H groups in total. The fourth-order valence-corrected chi connectivity index (χ4v) is 1.15. The molecule has 1 rings (SSSR count). The summed E-state index contributed by atoms with van der Waals surface area (Å²) in [5.74, 6) is 0.363. The van der Waals surface area contributed by atoms with E-state index in [2.05, 4.69) is 18.7 Å². The highest BCUT2D eigenvalue weighted by atomic mass is 16.1. The zero-order valence-electron chi connectivity index (χ0n) is 6.27. The summed E-state index contributed by atoms with van der Waals surface area (Å²) in [5, 5.41) is 0. The molecule has 0 atom stereocenters. The molecule has 1 fully saturated rings. The molecule has 0 unspecified atom stereocenters. The van der Waals surface area contributed by atoms with E-state index in [-0.39, 0.29) is 5.54 Å². The van der Waals surface area contributed by atoms with Crippen molar-refractivity contribution >= 4 is 5.78 Å². The second kappa shape index (κ2) is 1.81. The normalized spacial score (nSPS) is 27.2. The smallest absolute Gasteiger partial charge is 0.148 e. The highest BCUT2D eigenvalue weighted by Gasteiger charge is 2.33. The van der Waals surface area contributed by atoms with E-state index in [1.54, 1.807) is 0 Å². The lowest BCUT2D eigenvalue weighted by Crippen LogP contribution is -2.34. The van der Waals surface area contributed by atoms with Crippen LogP contribution in [0.2, 0.25) is 0 Å². The maximum absolute atomic E-state index is 10.8. The lowest BCUT2D eigenvalue weighted by Gasteiger charge is -2.25. The van der Waals surface area contributed by atoms with Crippen LogP contribution in [0.25, 0.3) is 0 Å². The quantitative estimate of drug-likeness (QED) is 0.476. The summed E-state index contributed by atoms with van der Waals surface area (Å²) < 4.78 is 0. The van der Waals surface area contributed by atoms with Gasteiger partial charge in [0, 0.05) is 12.0 Å². The highest BCUT2D eigenvalue weighted by molar-refractivity contribution is 5.83. The average Bonchev–Trinajstić information content (AvgIpc) is 1.79. The Morgan fingerprint density at radius 1 is 1.56 bits per heavy atom. The van der Waals surface area contributed by atoms with Gasteiger partial charge in [-0.1, -0.05) is 0 Å². The van der Waals surface area contributed by atoms with Crippen LogP contribution in [0.1, 0.15) is 20.3 Å². The minimum atomic E-state index is 0.108. The molecule has 1 aliphatic heterocycles. The van der Waals surface area contributed by atoms with Gasteiger partial charge in [0.1, 0.15) is 5.78 Å². The first-order valence-electron chi connectivity index (χ1n) is 3.25. The lowest BCUT2D eigenvalue weighted by molar-refractivity contribution is -0.116. The molecule has 0 aromatic heterocycles. The molecule has 52 valence electrons. The predicted molar refractivity (Wildman–Crippen MR) is 36.3 cm³/mol. The third kappa shape index (κ3) is 1.13. The third-order valence-corrected chi connectivity index (χ3v) is 2.08. The van der Waals surface area contributed by atoms with E-state index in [0.717, 1.165) is 0 Å². The largest absolute Gasteiger partial charge is 0.298 e. The van der Waals surface area contributed by atoms with Crippen LogP contribution in [0.3, 0.4) is 0 Å². The number of carbonyl (C=O) groups excluding carboxylic acids is 1. The van der Waals surface area contributed by atoms with Gasteiger partial charge in [-0.15, -0.1) is 0 Å². The zero-order chi connectivity index (χ0) is 7.07. The molecule has 0 radical (unpaired) electrons. The average molecular weight is 127 g/mol. The van der Waals surface area contributed by atoms with Crippen molar-refractivity contribution in [1.82, 2.24) is 4.90 Å². The SMILES string of the molecule is CN1CC(=O)CC1(C)C. The monoisotopic (exact) mass is 127 g/mol. The van der Waals surface area contributed by atoms with Crippen LogP contribution in [-0.2, 0) is 4.79 Å². The molecule has 1 saturated heterocycles. The van der Waals surface area contributed by atoms with Gasteiger partial charge in [-0.3, -0.25) is 9.69 Å². The zero-order valence-corrected chi connectivity index (χ0v) is 6.27. The molecule has 9 heavy (non-hydrogen) atoms. The van der Waals surface area contributed by atoms with Crippen molar-refractivity contribution in [2.45, 2.75) is 25.8 Å². The van der Waals surface area contributed by atoms with Gasteiger partial charge in [0.05, 0.1) is 6.54 Å². The van der Waals surface area contributed by atoms with E-state index in [4.69, 9.17) is 0 Å². The number of likely N-dealkylation sites (tertiary alicyclic amines) is 1. The Morgan fingerprint density at radius 2 is 2.11 bits per heavy atom. The number of likely N-dealkylation sites (N-methyl/N-ethyl adjacent to an activating group) is 1. The fraction of sp³-hybridized carbons (Fsp3) is 0.857. The van der Waals surface area contributed by atoms with Crippen molar-refractivity contribution in [1.29, 1.82) is 0 Å². The molecule has 0 spiro atoms.